The van der Waals surface area contributed by atoms with Gasteiger partial charge in [-0.15, -0.1) is 0 Å². The van der Waals surface area contributed by atoms with Gasteiger partial charge >= 0.3 is 0 Å². The second-order valence-corrected chi connectivity index (χ2v) is 8.24. The number of hydrogen-bond donors (Lipinski definition) is 1. The molecule has 3 aromatic rings. The summed E-state index contributed by atoms with van der Waals surface area (Å²) in [6.45, 7) is 0. The number of rotatable bonds is 5. The van der Waals surface area contributed by atoms with E-state index in [0.717, 1.165) is 41.8 Å². The smallest absolute Gasteiger partial charge is 0.275 e. The van der Waals surface area contributed by atoms with E-state index < -0.39 is 20.7 Å². The molecule has 10 nitrogen and oxygen atoms in total. The summed E-state index contributed by atoms with van der Waals surface area (Å²) in [7, 11) is -2.30. The normalized spacial score (nSPS) is 11.3. The molecule has 0 aliphatic rings. The second kappa shape index (κ2) is 6.65. The zero-order valence-corrected chi connectivity index (χ0v) is 14.8. The fourth-order valence-electron chi connectivity index (χ4n) is 2.06. The first kappa shape index (κ1) is 17.7. The first-order valence-corrected chi connectivity index (χ1v) is 9.34. The summed E-state index contributed by atoms with van der Waals surface area (Å²) in [5, 5.41) is 17.2. The van der Waals surface area contributed by atoms with E-state index in [1.807, 2.05) is 0 Å². The van der Waals surface area contributed by atoms with Gasteiger partial charge in [0, 0.05) is 25.4 Å². The van der Waals surface area contributed by atoms with Crippen LogP contribution in [0.15, 0.2) is 51.8 Å². The van der Waals surface area contributed by atoms with E-state index in [-0.39, 0.29) is 19.9 Å². The van der Waals surface area contributed by atoms with Gasteiger partial charge in [0.05, 0.1) is 16.0 Å². The Morgan fingerprint density at radius 1 is 1.27 bits per heavy atom. The molecule has 0 aliphatic heterocycles. The third-order valence-electron chi connectivity index (χ3n) is 3.38. The monoisotopic (exact) mass is 393 g/mol. The van der Waals surface area contributed by atoms with Crippen LogP contribution in [-0.4, -0.2) is 34.0 Å². The lowest BCUT2D eigenvalue weighted by atomic mass is 10.3. The summed E-state index contributed by atoms with van der Waals surface area (Å²) >= 11 is 0.782. The van der Waals surface area contributed by atoms with Crippen molar-refractivity contribution < 1.29 is 18.1 Å². The lowest BCUT2D eigenvalue weighted by Crippen LogP contribution is -2.15. The van der Waals surface area contributed by atoms with Crippen LogP contribution in [0.4, 0.5) is 10.8 Å². The van der Waals surface area contributed by atoms with Crippen molar-refractivity contribution in [3.8, 4) is 0 Å². The van der Waals surface area contributed by atoms with Gasteiger partial charge in [-0.1, -0.05) is 11.3 Å². The molecular weight excluding hydrogens is 382 g/mol. The topological polar surface area (TPSA) is 137 Å². The molecule has 1 amide bonds. The quantitative estimate of drug-likeness (QED) is 0.516. The number of non-ortho nitro benzene ring substituents is 1. The van der Waals surface area contributed by atoms with Crippen molar-refractivity contribution >= 4 is 37.9 Å². The largest absolute Gasteiger partial charge is 0.296 e. The Labute approximate surface area is 151 Å². The van der Waals surface area contributed by atoms with Gasteiger partial charge in [0.15, 0.2) is 5.13 Å². The summed E-state index contributed by atoms with van der Waals surface area (Å²) in [5.41, 5.74) is 0.0809. The molecule has 0 saturated carbocycles. The molecule has 1 aromatic carbocycles. The van der Waals surface area contributed by atoms with Crippen LogP contribution < -0.4 is 5.32 Å². The molecule has 0 saturated heterocycles. The van der Waals surface area contributed by atoms with E-state index in [4.69, 9.17) is 0 Å². The van der Waals surface area contributed by atoms with Gasteiger partial charge in [-0.3, -0.25) is 24.9 Å². The molecule has 2 aromatic heterocycles. The van der Waals surface area contributed by atoms with Gasteiger partial charge in [-0.25, -0.2) is 13.4 Å². The number of nitro benzene ring substituents is 1. The molecule has 0 bridgehead atoms. The number of hydrogen-bond acceptors (Lipinski definition) is 8. The molecule has 12 heteroatoms. The number of carbonyl (C=O) groups excluding carboxylic acids is 1. The number of nitrogens with one attached hydrogen (secondary N) is 1. The molecule has 0 aliphatic carbocycles. The van der Waals surface area contributed by atoms with E-state index in [9.17, 15) is 23.3 Å². The van der Waals surface area contributed by atoms with Gasteiger partial charge in [-0.2, -0.15) is 5.10 Å². The zero-order chi connectivity index (χ0) is 18.9. The lowest BCUT2D eigenvalue weighted by molar-refractivity contribution is -0.384. The van der Waals surface area contributed by atoms with Crippen LogP contribution in [0.5, 0.6) is 0 Å². The molecule has 134 valence electrons. The molecule has 26 heavy (non-hydrogen) atoms. The predicted molar refractivity (Wildman–Crippen MR) is 91.8 cm³/mol. The highest BCUT2D eigenvalue weighted by Gasteiger charge is 2.23. The number of nitrogens with zero attached hydrogens (tertiary/aromatic N) is 4. The van der Waals surface area contributed by atoms with Crippen LogP contribution in [0.1, 0.15) is 10.5 Å². The fourth-order valence-corrected chi connectivity index (χ4v) is 4.49. The number of amides is 1. The van der Waals surface area contributed by atoms with Crippen molar-refractivity contribution in [2.75, 3.05) is 5.32 Å². The highest BCUT2D eigenvalue weighted by molar-refractivity contribution is 7.93. The number of thiazole rings is 1. The van der Waals surface area contributed by atoms with Crippen molar-refractivity contribution in [1.29, 1.82) is 0 Å². The van der Waals surface area contributed by atoms with Gasteiger partial charge in [0.2, 0.25) is 9.84 Å². The summed E-state index contributed by atoms with van der Waals surface area (Å²) in [6, 6.07) is 6.04. The number of aromatic nitrogens is 3. The molecule has 0 unspecified atom stereocenters. The molecule has 2 heterocycles. The summed E-state index contributed by atoms with van der Waals surface area (Å²) in [5.74, 6) is -0.473. The van der Waals surface area contributed by atoms with Gasteiger partial charge in [0.25, 0.3) is 11.6 Å². The SMILES string of the molecule is Cn1nccc1C(=O)Nc1ncc(S(=O)(=O)c2ccc([N+](=O)[O-])cc2)s1. The number of sulfone groups is 1. The number of benzene rings is 1. The van der Waals surface area contributed by atoms with Crippen molar-refractivity contribution in [2.45, 2.75) is 9.10 Å². The Hall–Kier alpha value is -3.12. The first-order chi connectivity index (χ1) is 12.3. The van der Waals surface area contributed by atoms with Crippen LogP contribution in [0, 0.1) is 10.1 Å². The maximum atomic E-state index is 12.6. The van der Waals surface area contributed by atoms with E-state index in [2.05, 4.69) is 15.4 Å². The molecule has 1 N–H and O–H groups in total. The summed E-state index contributed by atoms with van der Waals surface area (Å²) in [6.07, 6.45) is 2.58. The van der Waals surface area contributed by atoms with Crippen molar-refractivity contribution in [2.24, 2.45) is 7.05 Å². The number of carbonyl (C=O) groups is 1. The van der Waals surface area contributed by atoms with E-state index >= 15 is 0 Å². The van der Waals surface area contributed by atoms with Crippen LogP contribution in [0.3, 0.4) is 0 Å². The van der Waals surface area contributed by atoms with Crippen LogP contribution >= 0.6 is 11.3 Å². The Morgan fingerprint density at radius 2 is 1.96 bits per heavy atom. The third-order valence-corrected chi connectivity index (χ3v) is 6.52. The van der Waals surface area contributed by atoms with Crippen LogP contribution in [0.25, 0.3) is 0 Å². The summed E-state index contributed by atoms with van der Waals surface area (Å²) < 4.78 is 26.4. The number of nitro groups is 1. The Kier molecular flexibility index (Phi) is 4.52. The maximum Gasteiger partial charge on any atom is 0.275 e. The molecule has 3 rings (SSSR count). The van der Waals surface area contributed by atoms with Crippen LogP contribution in [0.2, 0.25) is 0 Å². The molecule has 0 atom stereocenters. The van der Waals surface area contributed by atoms with Crippen LogP contribution in [-0.2, 0) is 16.9 Å². The van der Waals surface area contributed by atoms with Crippen molar-refractivity contribution in [1.82, 2.24) is 14.8 Å². The van der Waals surface area contributed by atoms with Crippen molar-refractivity contribution in [3.05, 3.63) is 58.5 Å². The molecule has 0 fully saturated rings. The minimum Gasteiger partial charge on any atom is -0.296 e. The maximum absolute atomic E-state index is 12.6. The Balaban J connectivity index is 1.83. The molecular formula is C14H11N5O5S2. The Bertz CT molecular complexity index is 1090. The minimum absolute atomic E-state index is 0.0911. The van der Waals surface area contributed by atoms with Crippen molar-refractivity contribution in [3.63, 3.8) is 0 Å². The van der Waals surface area contributed by atoms with Gasteiger partial charge in [-0.05, 0) is 18.2 Å². The average Bonchev–Trinajstić information content (AvgIpc) is 3.24. The highest BCUT2D eigenvalue weighted by atomic mass is 32.2. The average molecular weight is 393 g/mol. The second-order valence-electron chi connectivity index (χ2n) is 5.03. The van der Waals surface area contributed by atoms with E-state index in [0.29, 0.717) is 5.69 Å². The van der Waals surface area contributed by atoms with E-state index in [1.54, 1.807) is 7.05 Å². The highest BCUT2D eigenvalue weighted by Crippen LogP contribution is 2.29. The summed E-state index contributed by atoms with van der Waals surface area (Å²) in [4.78, 5) is 26.0. The fraction of sp³-hybridized carbons (Fsp3) is 0.0714. The molecule has 0 radical (unpaired) electrons. The number of aryl methyl sites for hydroxylation is 1. The third kappa shape index (κ3) is 3.32. The minimum atomic E-state index is -3.89. The van der Waals surface area contributed by atoms with Gasteiger partial charge in [0.1, 0.15) is 9.90 Å². The molecule has 0 spiro atoms. The van der Waals surface area contributed by atoms with Gasteiger partial charge < -0.3 is 0 Å². The first-order valence-electron chi connectivity index (χ1n) is 7.04. The number of anilines is 1. The standard InChI is InChI=1S/C14H11N5O5S2/c1-18-11(6-7-16-18)13(20)17-14-15-8-12(25-14)26(23,24)10-4-2-9(3-5-10)19(21)22/h2-8H,1H3,(H,15,17,20). The zero-order valence-electron chi connectivity index (χ0n) is 13.2. The Morgan fingerprint density at radius 3 is 2.54 bits per heavy atom. The van der Waals surface area contributed by atoms with E-state index in [1.165, 1.54) is 16.9 Å². The predicted octanol–water partition coefficient (Wildman–Crippen LogP) is 1.87. The lowest BCUT2D eigenvalue weighted by Gasteiger charge is -2.02.